The van der Waals surface area contributed by atoms with Gasteiger partial charge >= 0.3 is 0 Å². The van der Waals surface area contributed by atoms with Gasteiger partial charge < -0.3 is 0 Å². The van der Waals surface area contributed by atoms with E-state index in [0.717, 1.165) is 21.6 Å². The number of hydrogen-bond acceptors (Lipinski definition) is 2. The summed E-state index contributed by atoms with van der Waals surface area (Å²) in [7, 11) is 0. The van der Waals surface area contributed by atoms with Crippen LogP contribution in [0.3, 0.4) is 0 Å². The van der Waals surface area contributed by atoms with Gasteiger partial charge in [-0.05, 0) is 53.1 Å². The van der Waals surface area contributed by atoms with Crippen LogP contribution in [0.4, 0.5) is 8.78 Å². The van der Waals surface area contributed by atoms with Crippen molar-refractivity contribution in [1.82, 2.24) is 0 Å². The van der Waals surface area contributed by atoms with E-state index < -0.39 is 4.75 Å². The Balaban J connectivity index is 0.000000301. The van der Waals surface area contributed by atoms with E-state index >= 15 is 0 Å². The van der Waals surface area contributed by atoms with Crippen molar-refractivity contribution >= 4 is 47.6 Å². The molecule has 186 valence electrons. The van der Waals surface area contributed by atoms with E-state index in [-0.39, 0.29) is 11.6 Å². The molecule has 0 saturated heterocycles. The standard InChI is InChI=1S/C25H18ClFS.C6H4ClFS/c26-23-18-22(27)16-17-24(23)28-25(19-10-4-1-5-11-19,20-12-6-2-7-13-20)21-14-8-3-9-15-21;7-5-3-4(8)1-2-6(5)9/h1-18H;1-3,9H. The summed E-state index contributed by atoms with van der Waals surface area (Å²) in [5, 5.41) is 0.760. The maximum absolute atomic E-state index is 13.7. The Kier molecular flexibility index (Phi) is 9.33. The Bertz CT molecular complexity index is 1350. The molecule has 0 N–H and O–H groups in total. The molecule has 0 atom stereocenters. The zero-order valence-corrected chi connectivity index (χ0v) is 22.7. The van der Waals surface area contributed by atoms with Gasteiger partial charge in [-0.25, -0.2) is 8.78 Å². The number of halogens is 4. The second-order valence-electron chi connectivity index (χ2n) is 8.05. The zero-order valence-electron chi connectivity index (χ0n) is 19.5. The second-order valence-corrected chi connectivity index (χ2v) is 10.6. The lowest BCUT2D eigenvalue weighted by Gasteiger charge is -2.35. The minimum absolute atomic E-state index is 0.334. The fourth-order valence-electron chi connectivity index (χ4n) is 3.90. The average Bonchev–Trinajstić information content (AvgIpc) is 2.93. The maximum Gasteiger partial charge on any atom is 0.124 e. The lowest BCUT2D eigenvalue weighted by Crippen LogP contribution is -2.25. The summed E-state index contributed by atoms with van der Waals surface area (Å²) >= 11 is 17.5. The molecule has 0 spiro atoms. The van der Waals surface area contributed by atoms with Crippen LogP contribution in [0.1, 0.15) is 16.7 Å². The monoisotopic (exact) mass is 566 g/mol. The highest BCUT2D eigenvalue weighted by molar-refractivity contribution is 8.00. The molecule has 0 radical (unpaired) electrons. The van der Waals surface area contributed by atoms with Crippen molar-refractivity contribution in [3.8, 4) is 0 Å². The predicted octanol–water partition coefficient (Wildman–Crippen LogP) is 10.3. The Morgan fingerprint density at radius 1 is 0.541 bits per heavy atom. The van der Waals surface area contributed by atoms with Crippen LogP contribution in [-0.2, 0) is 4.75 Å². The molecule has 0 bridgehead atoms. The van der Waals surface area contributed by atoms with E-state index in [0.29, 0.717) is 14.9 Å². The van der Waals surface area contributed by atoms with Gasteiger partial charge in [-0.3, -0.25) is 0 Å². The molecule has 0 aliphatic heterocycles. The van der Waals surface area contributed by atoms with E-state index in [1.165, 1.54) is 30.3 Å². The van der Waals surface area contributed by atoms with E-state index in [2.05, 4.69) is 49.0 Å². The third-order valence-electron chi connectivity index (χ3n) is 5.61. The first kappa shape index (κ1) is 27.3. The Labute approximate surface area is 235 Å². The Hall–Kier alpha value is -2.76. The molecule has 0 aromatic heterocycles. The Morgan fingerprint density at radius 2 is 0.946 bits per heavy atom. The molecular weight excluding hydrogens is 545 g/mol. The summed E-state index contributed by atoms with van der Waals surface area (Å²) in [6.07, 6.45) is 0. The van der Waals surface area contributed by atoms with Crippen molar-refractivity contribution in [3.05, 3.63) is 166 Å². The summed E-state index contributed by atoms with van der Waals surface area (Å²) in [5.74, 6) is -0.670. The third kappa shape index (κ3) is 6.58. The maximum atomic E-state index is 13.7. The van der Waals surface area contributed by atoms with Gasteiger partial charge in [-0.15, -0.1) is 24.4 Å². The summed E-state index contributed by atoms with van der Waals surface area (Å²) in [4.78, 5) is 1.43. The van der Waals surface area contributed by atoms with Gasteiger partial charge in [0.1, 0.15) is 11.6 Å². The largest absolute Gasteiger partial charge is 0.207 e. The second kappa shape index (κ2) is 12.7. The van der Waals surface area contributed by atoms with E-state index in [1.54, 1.807) is 17.8 Å². The van der Waals surface area contributed by atoms with Gasteiger partial charge in [0.05, 0.1) is 14.8 Å². The molecule has 5 aromatic rings. The van der Waals surface area contributed by atoms with E-state index in [9.17, 15) is 8.78 Å². The van der Waals surface area contributed by atoms with Crippen LogP contribution in [0, 0.1) is 11.6 Å². The summed E-state index contributed by atoms with van der Waals surface area (Å²) in [6, 6.07) is 39.7. The average molecular weight is 568 g/mol. The molecule has 0 fully saturated rings. The molecule has 0 amide bonds. The zero-order chi connectivity index (χ0) is 26.3. The van der Waals surface area contributed by atoms with Gasteiger partial charge in [0.2, 0.25) is 0 Å². The van der Waals surface area contributed by atoms with Gasteiger partial charge in [0, 0.05) is 9.79 Å². The van der Waals surface area contributed by atoms with Crippen molar-refractivity contribution in [1.29, 1.82) is 0 Å². The fourth-order valence-corrected chi connectivity index (χ4v) is 5.87. The van der Waals surface area contributed by atoms with Crippen molar-refractivity contribution in [2.24, 2.45) is 0 Å². The molecule has 0 aliphatic rings. The van der Waals surface area contributed by atoms with Crippen LogP contribution < -0.4 is 0 Å². The Morgan fingerprint density at radius 3 is 1.32 bits per heavy atom. The smallest absolute Gasteiger partial charge is 0.124 e. The molecule has 37 heavy (non-hydrogen) atoms. The van der Waals surface area contributed by atoms with Crippen LogP contribution in [-0.4, -0.2) is 0 Å². The SMILES string of the molecule is Fc1ccc(S)c(Cl)c1.Fc1ccc(SC(c2ccccc2)(c2ccccc2)c2ccccc2)c(Cl)c1. The van der Waals surface area contributed by atoms with Gasteiger partial charge in [0.15, 0.2) is 0 Å². The molecule has 0 saturated carbocycles. The van der Waals surface area contributed by atoms with Crippen LogP contribution in [0.5, 0.6) is 0 Å². The summed E-state index contributed by atoms with van der Waals surface area (Å²) in [5.41, 5.74) is 3.41. The fraction of sp³-hybridized carbons (Fsp3) is 0.0323. The third-order valence-corrected chi connectivity index (χ3v) is 8.46. The normalized spacial score (nSPS) is 10.9. The first-order valence-corrected chi connectivity index (χ1v) is 13.4. The molecule has 0 aliphatic carbocycles. The molecule has 6 heteroatoms. The lowest BCUT2D eigenvalue weighted by atomic mass is 9.84. The minimum atomic E-state index is -0.523. The number of thiol groups is 1. The minimum Gasteiger partial charge on any atom is -0.207 e. The molecule has 0 nitrogen and oxygen atoms in total. The van der Waals surface area contributed by atoms with Gasteiger partial charge in [0.25, 0.3) is 0 Å². The number of rotatable bonds is 5. The highest BCUT2D eigenvalue weighted by Crippen LogP contribution is 2.52. The lowest BCUT2D eigenvalue weighted by molar-refractivity contribution is 0.626. The topological polar surface area (TPSA) is 0 Å². The van der Waals surface area contributed by atoms with E-state index in [4.69, 9.17) is 23.2 Å². The summed E-state index contributed by atoms with van der Waals surface area (Å²) in [6.45, 7) is 0. The van der Waals surface area contributed by atoms with Crippen molar-refractivity contribution in [2.45, 2.75) is 14.5 Å². The highest BCUT2D eigenvalue weighted by atomic mass is 35.5. The molecular formula is C31H22Cl2F2S2. The van der Waals surface area contributed by atoms with Gasteiger partial charge in [-0.1, -0.05) is 114 Å². The van der Waals surface area contributed by atoms with Crippen LogP contribution in [0.2, 0.25) is 10.0 Å². The molecule has 0 heterocycles. The first-order valence-electron chi connectivity index (χ1n) is 11.3. The predicted molar refractivity (Wildman–Crippen MR) is 155 cm³/mol. The molecule has 5 aromatic carbocycles. The first-order chi connectivity index (χ1) is 17.9. The van der Waals surface area contributed by atoms with Crippen LogP contribution >= 0.6 is 47.6 Å². The number of hydrogen-bond donors (Lipinski definition) is 1. The van der Waals surface area contributed by atoms with Crippen molar-refractivity contribution < 1.29 is 8.78 Å². The van der Waals surface area contributed by atoms with Crippen LogP contribution in [0.25, 0.3) is 0 Å². The van der Waals surface area contributed by atoms with Crippen LogP contribution in [0.15, 0.2) is 137 Å². The summed E-state index contributed by atoms with van der Waals surface area (Å²) < 4.78 is 25.4. The molecule has 0 unspecified atom stereocenters. The quantitative estimate of drug-likeness (QED) is 0.125. The number of benzene rings is 5. The van der Waals surface area contributed by atoms with Crippen molar-refractivity contribution in [3.63, 3.8) is 0 Å². The van der Waals surface area contributed by atoms with E-state index in [1.807, 2.05) is 54.6 Å². The highest BCUT2D eigenvalue weighted by Gasteiger charge is 2.38. The van der Waals surface area contributed by atoms with Crippen molar-refractivity contribution in [2.75, 3.05) is 0 Å². The van der Waals surface area contributed by atoms with Gasteiger partial charge in [-0.2, -0.15) is 0 Å². The number of thioether (sulfide) groups is 1. The molecule has 5 rings (SSSR count).